The van der Waals surface area contributed by atoms with Crippen LogP contribution in [0.3, 0.4) is 0 Å². The zero-order valence-corrected chi connectivity index (χ0v) is 12.6. The van der Waals surface area contributed by atoms with Gasteiger partial charge in [-0.1, -0.05) is 12.1 Å². The van der Waals surface area contributed by atoms with Gasteiger partial charge in [0, 0.05) is 17.1 Å². The lowest BCUT2D eigenvalue weighted by Crippen LogP contribution is -2.22. The van der Waals surface area contributed by atoms with Gasteiger partial charge in [-0.05, 0) is 24.3 Å². The molecule has 1 aromatic heterocycles. The first-order chi connectivity index (χ1) is 11.7. The average Bonchev–Trinajstić information content (AvgIpc) is 3.05. The van der Waals surface area contributed by atoms with Crippen molar-refractivity contribution in [3.8, 4) is 11.5 Å². The summed E-state index contributed by atoms with van der Waals surface area (Å²) >= 11 is 0. The maximum absolute atomic E-state index is 12.3. The zero-order valence-electron chi connectivity index (χ0n) is 12.6. The number of carbonyl (C=O) groups excluding carboxylic acids is 1. The Hall–Kier alpha value is -3.35. The minimum atomic E-state index is -0.254. The first-order valence-corrected chi connectivity index (χ1v) is 7.35. The van der Waals surface area contributed by atoms with Gasteiger partial charge < -0.3 is 14.8 Å². The lowest BCUT2D eigenvalue weighted by molar-refractivity contribution is -0.116. The second kappa shape index (κ2) is 5.69. The quantitative estimate of drug-likeness (QED) is 0.794. The van der Waals surface area contributed by atoms with Gasteiger partial charge in [0.1, 0.15) is 6.54 Å². The second-order valence-corrected chi connectivity index (χ2v) is 5.30. The fraction of sp³-hybridized carbons (Fsp3) is 0.118. The zero-order chi connectivity index (χ0) is 16.5. The van der Waals surface area contributed by atoms with E-state index < -0.39 is 0 Å². The van der Waals surface area contributed by atoms with E-state index in [2.05, 4.69) is 10.4 Å². The Morgan fingerprint density at radius 3 is 2.92 bits per heavy atom. The van der Waals surface area contributed by atoms with E-state index >= 15 is 0 Å². The molecule has 7 heteroatoms. The van der Waals surface area contributed by atoms with Crippen LogP contribution in [0.2, 0.25) is 0 Å². The van der Waals surface area contributed by atoms with Crippen LogP contribution in [-0.4, -0.2) is 22.5 Å². The summed E-state index contributed by atoms with van der Waals surface area (Å²) in [7, 11) is 0. The third kappa shape index (κ3) is 2.56. The van der Waals surface area contributed by atoms with Gasteiger partial charge in [-0.25, -0.2) is 0 Å². The highest BCUT2D eigenvalue weighted by Gasteiger charge is 2.14. The van der Waals surface area contributed by atoms with Gasteiger partial charge in [-0.2, -0.15) is 5.10 Å². The minimum absolute atomic E-state index is 0.00473. The van der Waals surface area contributed by atoms with Crippen molar-refractivity contribution in [3.05, 3.63) is 58.9 Å². The Morgan fingerprint density at radius 1 is 1.17 bits per heavy atom. The average molecular weight is 323 g/mol. The summed E-state index contributed by atoms with van der Waals surface area (Å²) in [5.41, 5.74) is 1.05. The molecule has 3 aromatic rings. The van der Waals surface area contributed by atoms with Crippen LogP contribution in [-0.2, 0) is 11.3 Å². The van der Waals surface area contributed by atoms with E-state index in [1.54, 1.807) is 42.5 Å². The van der Waals surface area contributed by atoms with Crippen LogP contribution in [0.1, 0.15) is 0 Å². The molecule has 2 heterocycles. The first kappa shape index (κ1) is 14.3. The molecule has 1 N–H and O–H groups in total. The van der Waals surface area contributed by atoms with E-state index in [9.17, 15) is 9.59 Å². The van der Waals surface area contributed by atoms with Crippen LogP contribution in [0.5, 0.6) is 11.5 Å². The van der Waals surface area contributed by atoms with Gasteiger partial charge in [-0.3, -0.25) is 14.3 Å². The number of anilines is 1. The van der Waals surface area contributed by atoms with Crippen molar-refractivity contribution >= 4 is 22.5 Å². The van der Waals surface area contributed by atoms with E-state index in [1.165, 1.54) is 10.9 Å². The third-order valence-electron chi connectivity index (χ3n) is 3.71. The number of fused-ring (bicyclic) bond motifs is 2. The standard InChI is InChI=1S/C17H13N3O4/c21-14-8-18-20(13-4-2-1-3-12(13)14)9-17(22)19-11-5-6-15-16(7-11)24-10-23-15/h1-8H,9-10H2,(H,19,22). The summed E-state index contributed by atoms with van der Waals surface area (Å²) < 4.78 is 12.0. The van der Waals surface area contributed by atoms with Gasteiger partial charge >= 0.3 is 0 Å². The van der Waals surface area contributed by atoms with Crippen LogP contribution in [0.15, 0.2) is 53.5 Å². The minimum Gasteiger partial charge on any atom is -0.454 e. The molecule has 1 aliphatic rings. The molecule has 7 nitrogen and oxygen atoms in total. The fourth-order valence-corrected chi connectivity index (χ4v) is 2.60. The molecule has 0 saturated heterocycles. The number of hydrogen-bond donors (Lipinski definition) is 1. The highest BCUT2D eigenvalue weighted by Crippen LogP contribution is 2.34. The Labute approximate surface area is 136 Å². The van der Waals surface area contributed by atoms with Crippen LogP contribution in [0.4, 0.5) is 5.69 Å². The maximum Gasteiger partial charge on any atom is 0.246 e. The molecular weight excluding hydrogens is 310 g/mol. The Kier molecular flexibility index (Phi) is 3.38. The number of carbonyl (C=O) groups is 1. The molecule has 120 valence electrons. The van der Waals surface area contributed by atoms with Crippen molar-refractivity contribution in [3.63, 3.8) is 0 Å². The van der Waals surface area contributed by atoms with E-state index in [1.807, 2.05) is 0 Å². The molecule has 0 spiro atoms. The van der Waals surface area contributed by atoms with Crippen molar-refractivity contribution in [1.29, 1.82) is 0 Å². The normalized spacial score (nSPS) is 12.3. The van der Waals surface area contributed by atoms with Crippen LogP contribution in [0.25, 0.3) is 10.9 Å². The number of amides is 1. The Morgan fingerprint density at radius 2 is 2.00 bits per heavy atom. The fourth-order valence-electron chi connectivity index (χ4n) is 2.60. The van der Waals surface area contributed by atoms with Crippen LogP contribution < -0.4 is 20.2 Å². The van der Waals surface area contributed by atoms with E-state index in [-0.39, 0.29) is 24.7 Å². The van der Waals surface area contributed by atoms with Crippen LogP contribution in [0, 0.1) is 0 Å². The molecule has 0 atom stereocenters. The molecule has 0 aliphatic carbocycles. The Balaban J connectivity index is 1.57. The molecule has 0 radical (unpaired) electrons. The third-order valence-corrected chi connectivity index (χ3v) is 3.71. The molecule has 4 rings (SSSR count). The van der Waals surface area contributed by atoms with Gasteiger partial charge in [0.05, 0.1) is 11.7 Å². The molecular formula is C17H13N3O4. The van der Waals surface area contributed by atoms with Gasteiger partial charge in [0.25, 0.3) is 0 Å². The van der Waals surface area contributed by atoms with Crippen molar-refractivity contribution in [2.75, 3.05) is 12.1 Å². The molecule has 0 bridgehead atoms. The summed E-state index contributed by atoms with van der Waals surface area (Å²) in [6.45, 7) is 0.176. The SMILES string of the molecule is O=C(Cn1ncc(=O)c2ccccc21)Nc1ccc2c(c1)OCO2. The summed E-state index contributed by atoms with van der Waals surface area (Å²) in [5.74, 6) is 0.996. The number of nitrogens with one attached hydrogen (secondary N) is 1. The monoisotopic (exact) mass is 323 g/mol. The first-order valence-electron chi connectivity index (χ1n) is 7.35. The lowest BCUT2D eigenvalue weighted by atomic mass is 10.2. The molecule has 2 aromatic carbocycles. The van der Waals surface area contributed by atoms with E-state index in [0.29, 0.717) is 28.1 Å². The van der Waals surface area contributed by atoms with Crippen LogP contribution >= 0.6 is 0 Å². The van der Waals surface area contributed by atoms with Crippen molar-refractivity contribution in [1.82, 2.24) is 9.78 Å². The molecule has 1 amide bonds. The van der Waals surface area contributed by atoms with Gasteiger partial charge in [0.15, 0.2) is 11.5 Å². The Bertz CT molecular complexity index is 997. The predicted octanol–water partition coefficient (Wildman–Crippen LogP) is 1.76. The number of aromatic nitrogens is 2. The summed E-state index contributed by atoms with van der Waals surface area (Å²) in [6, 6.07) is 12.2. The molecule has 0 unspecified atom stereocenters. The number of hydrogen-bond acceptors (Lipinski definition) is 5. The number of rotatable bonds is 3. The smallest absolute Gasteiger partial charge is 0.246 e. The largest absolute Gasteiger partial charge is 0.454 e. The van der Waals surface area contributed by atoms with E-state index in [0.717, 1.165) is 0 Å². The van der Waals surface area contributed by atoms with Crippen molar-refractivity contribution in [2.24, 2.45) is 0 Å². The number of para-hydroxylation sites is 1. The topological polar surface area (TPSA) is 82.5 Å². The molecule has 0 saturated carbocycles. The molecule has 24 heavy (non-hydrogen) atoms. The summed E-state index contributed by atoms with van der Waals surface area (Å²) in [4.78, 5) is 24.1. The molecule has 1 aliphatic heterocycles. The summed E-state index contributed by atoms with van der Waals surface area (Å²) in [6.07, 6.45) is 1.22. The lowest BCUT2D eigenvalue weighted by Gasteiger charge is -2.10. The number of nitrogens with zero attached hydrogens (tertiary/aromatic N) is 2. The van der Waals surface area contributed by atoms with Gasteiger partial charge in [0.2, 0.25) is 18.1 Å². The molecule has 0 fully saturated rings. The maximum atomic E-state index is 12.3. The second-order valence-electron chi connectivity index (χ2n) is 5.30. The van der Waals surface area contributed by atoms with E-state index in [4.69, 9.17) is 9.47 Å². The van der Waals surface area contributed by atoms with Crippen molar-refractivity contribution < 1.29 is 14.3 Å². The number of benzene rings is 2. The van der Waals surface area contributed by atoms with Gasteiger partial charge in [-0.15, -0.1) is 0 Å². The highest BCUT2D eigenvalue weighted by molar-refractivity contribution is 5.92. The van der Waals surface area contributed by atoms with Crippen molar-refractivity contribution in [2.45, 2.75) is 6.54 Å². The predicted molar refractivity (Wildman–Crippen MR) is 87.2 cm³/mol. The summed E-state index contributed by atoms with van der Waals surface area (Å²) in [5, 5.41) is 7.36. The highest BCUT2D eigenvalue weighted by atomic mass is 16.7. The number of ether oxygens (including phenoxy) is 2.